The van der Waals surface area contributed by atoms with Gasteiger partial charge in [0.2, 0.25) is 5.43 Å². The molecule has 3 heterocycles. The highest BCUT2D eigenvalue weighted by Crippen LogP contribution is 2.39. The molecule has 3 aromatic heterocycles. The molecule has 1 unspecified atom stereocenters. The maximum atomic E-state index is 12.6. The van der Waals surface area contributed by atoms with Gasteiger partial charge in [-0.2, -0.15) is 10.2 Å². The predicted molar refractivity (Wildman–Crippen MR) is 114 cm³/mol. The van der Waals surface area contributed by atoms with Gasteiger partial charge in [-0.05, 0) is 36.0 Å². The summed E-state index contributed by atoms with van der Waals surface area (Å²) in [5.74, 6) is 1.16. The minimum absolute atomic E-state index is 0.0851. The summed E-state index contributed by atoms with van der Waals surface area (Å²) in [7, 11) is 1.85. The van der Waals surface area contributed by atoms with Crippen LogP contribution in [0.1, 0.15) is 48.4 Å². The van der Waals surface area contributed by atoms with Crippen LogP contribution in [-0.2, 0) is 7.05 Å². The molecule has 1 aliphatic carbocycles. The van der Waals surface area contributed by atoms with Crippen LogP contribution >= 0.6 is 0 Å². The summed E-state index contributed by atoms with van der Waals surface area (Å²) in [6.45, 7) is 1.99. The molecule has 0 aliphatic heterocycles. The van der Waals surface area contributed by atoms with Crippen molar-refractivity contribution in [3.05, 3.63) is 88.4 Å². The molecule has 1 aromatic carbocycles. The summed E-state index contributed by atoms with van der Waals surface area (Å²) in [5, 5.41) is 8.77. The van der Waals surface area contributed by atoms with Crippen LogP contribution in [0.4, 0.5) is 0 Å². The molecule has 1 saturated carbocycles. The summed E-state index contributed by atoms with van der Waals surface area (Å²) in [5.41, 5.74) is 4.36. The molecule has 7 nitrogen and oxygen atoms in total. The van der Waals surface area contributed by atoms with E-state index in [0.29, 0.717) is 17.4 Å². The highest BCUT2D eigenvalue weighted by molar-refractivity contribution is 5.56. The number of benzene rings is 1. The standard InChI is InChI=1S/C23H22N6O/c1-15(22-21(30)8-9-29(27-22)20-13-26-28(2)14-20)17-4-3-5-18(10-17)23-24-11-19(12-25-23)16-6-7-16/h3-5,8-16H,6-7H2,1-2H3. The Labute approximate surface area is 174 Å². The van der Waals surface area contributed by atoms with Crippen LogP contribution in [0.25, 0.3) is 17.1 Å². The van der Waals surface area contributed by atoms with Crippen molar-refractivity contribution in [2.24, 2.45) is 7.05 Å². The molecule has 0 bridgehead atoms. The maximum Gasteiger partial charge on any atom is 0.203 e. The fourth-order valence-electron chi connectivity index (χ4n) is 3.61. The number of nitrogens with zero attached hydrogens (tertiary/aromatic N) is 6. The Morgan fingerprint density at radius 3 is 2.60 bits per heavy atom. The van der Waals surface area contributed by atoms with Crippen LogP contribution < -0.4 is 5.43 Å². The van der Waals surface area contributed by atoms with Gasteiger partial charge in [-0.3, -0.25) is 9.48 Å². The number of aromatic nitrogens is 6. The van der Waals surface area contributed by atoms with Crippen LogP contribution in [0.5, 0.6) is 0 Å². The second kappa shape index (κ2) is 7.33. The van der Waals surface area contributed by atoms with Crippen LogP contribution in [0.2, 0.25) is 0 Å². The second-order valence-electron chi connectivity index (χ2n) is 7.84. The summed E-state index contributed by atoms with van der Waals surface area (Å²) < 4.78 is 3.39. The summed E-state index contributed by atoms with van der Waals surface area (Å²) in [4.78, 5) is 21.7. The minimum Gasteiger partial charge on any atom is -0.288 e. The number of aryl methyl sites for hydroxylation is 1. The Bertz CT molecular complexity index is 1250. The molecular weight excluding hydrogens is 376 g/mol. The highest BCUT2D eigenvalue weighted by Gasteiger charge is 2.24. The number of hydrogen-bond acceptors (Lipinski definition) is 5. The molecule has 30 heavy (non-hydrogen) atoms. The molecule has 0 N–H and O–H groups in total. The normalized spacial score (nSPS) is 14.6. The zero-order chi connectivity index (χ0) is 20.7. The largest absolute Gasteiger partial charge is 0.288 e. The van der Waals surface area contributed by atoms with Gasteiger partial charge in [0, 0.05) is 43.2 Å². The lowest BCUT2D eigenvalue weighted by atomic mass is 9.95. The molecule has 1 atom stereocenters. The van der Waals surface area contributed by atoms with Crippen LogP contribution in [0.3, 0.4) is 0 Å². The first-order chi connectivity index (χ1) is 14.6. The first kappa shape index (κ1) is 18.4. The van der Waals surface area contributed by atoms with E-state index < -0.39 is 0 Å². The van der Waals surface area contributed by atoms with E-state index >= 15 is 0 Å². The third kappa shape index (κ3) is 3.54. The van der Waals surface area contributed by atoms with Gasteiger partial charge in [-0.25, -0.2) is 14.6 Å². The first-order valence-electron chi connectivity index (χ1n) is 10.1. The third-order valence-electron chi connectivity index (χ3n) is 5.57. The topological polar surface area (TPSA) is 78.5 Å². The molecule has 0 saturated heterocycles. The van der Waals surface area contributed by atoms with E-state index in [0.717, 1.165) is 16.8 Å². The molecule has 1 fully saturated rings. The molecule has 150 valence electrons. The summed E-state index contributed by atoms with van der Waals surface area (Å²) in [6, 6.07) is 9.57. The van der Waals surface area contributed by atoms with Crippen LogP contribution in [0.15, 0.2) is 66.1 Å². The first-order valence-corrected chi connectivity index (χ1v) is 10.1. The highest BCUT2D eigenvalue weighted by atomic mass is 16.1. The Kier molecular flexibility index (Phi) is 4.50. The smallest absolute Gasteiger partial charge is 0.203 e. The van der Waals surface area contributed by atoms with Gasteiger partial charge in [0.15, 0.2) is 5.82 Å². The van der Waals surface area contributed by atoms with Gasteiger partial charge in [0.25, 0.3) is 0 Å². The van der Waals surface area contributed by atoms with Gasteiger partial charge < -0.3 is 0 Å². The average Bonchev–Trinajstić information content (AvgIpc) is 3.54. The molecular formula is C23H22N6O. The lowest BCUT2D eigenvalue weighted by molar-refractivity contribution is 0.738. The Morgan fingerprint density at radius 1 is 1.10 bits per heavy atom. The van der Waals surface area contributed by atoms with Crippen molar-refractivity contribution >= 4 is 0 Å². The monoisotopic (exact) mass is 398 g/mol. The third-order valence-corrected chi connectivity index (χ3v) is 5.57. The van der Waals surface area contributed by atoms with Gasteiger partial charge in [0.1, 0.15) is 11.4 Å². The quantitative estimate of drug-likeness (QED) is 0.514. The van der Waals surface area contributed by atoms with Gasteiger partial charge >= 0.3 is 0 Å². The van der Waals surface area contributed by atoms with Crippen molar-refractivity contribution in [1.29, 1.82) is 0 Å². The Morgan fingerprint density at radius 2 is 1.90 bits per heavy atom. The molecule has 1 aliphatic rings. The van der Waals surface area contributed by atoms with Crippen molar-refractivity contribution in [3.63, 3.8) is 0 Å². The number of hydrogen-bond donors (Lipinski definition) is 0. The van der Waals surface area contributed by atoms with Crippen molar-refractivity contribution < 1.29 is 0 Å². The fraction of sp³-hybridized carbons (Fsp3) is 0.261. The van der Waals surface area contributed by atoms with E-state index in [-0.39, 0.29) is 11.3 Å². The molecule has 0 amide bonds. The van der Waals surface area contributed by atoms with E-state index in [1.807, 2.05) is 56.8 Å². The van der Waals surface area contributed by atoms with E-state index in [2.05, 4.69) is 20.2 Å². The van der Waals surface area contributed by atoms with Crippen LogP contribution in [-0.4, -0.2) is 29.5 Å². The van der Waals surface area contributed by atoms with E-state index in [9.17, 15) is 4.79 Å². The van der Waals surface area contributed by atoms with Crippen molar-refractivity contribution in [2.75, 3.05) is 0 Å². The van der Waals surface area contributed by atoms with Gasteiger partial charge in [-0.1, -0.05) is 25.1 Å². The molecule has 4 aromatic rings. The minimum atomic E-state index is -0.174. The van der Waals surface area contributed by atoms with Crippen molar-refractivity contribution in [1.82, 2.24) is 29.5 Å². The maximum absolute atomic E-state index is 12.6. The Balaban J connectivity index is 1.47. The molecule has 7 heteroatoms. The number of rotatable bonds is 5. The lowest BCUT2D eigenvalue weighted by Gasteiger charge is -2.13. The van der Waals surface area contributed by atoms with Gasteiger partial charge in [-0.15, -0.1) is 0 Å². The van der Waals surface area contributed by atoms with E-state index in [1.165, 1.54) is 18.4 Å². The SMILES string of the molecule is CC(c1cccc(-c2ncc(C3CC3)cn2)c1)c1nn(-c2cnn(C)c2)ccc1=O. The summed E-state index contributed by atoms with van der Waals surface area (Å²) in [6.07, 6.45) is 11.6. The average molecular weight is 398 g/mol. The predicted octanol–water partition coefficient (Wildman–Crippen LogP) is 3.45. The molecule has 0 spiro atoms. The van der Waals surface area contributed by atoms with Crippen molar-refractivity contribution in [2.45, 2.75) is 31.6 Å². The molecule has 5 rings (SSSR count). The van der Waals surface area contributed by atoms with E-state index in [4.69, 9.17) is 0 Å². The molecule has 0 radical (unpaired) electrons. The fourth-order valence-corrected chi connectivity index (χ4v) is 3.61. The second-order valence-corrected chi connectivity index (χ2v) is 7.84. The lowest BCUT2D eigenvalue weighted by Crippen LogP contribution is -2.18. The van der Waals surface area contributed by atoms with Crippen molar-refractivity contribution in [3.8, 4) is 17.1 Å². The Hall–Kier alpha value is -3.61. The van der Waals surface area contributed by atoms with Gasteiger partial charge in [0.05, 0.1) is 12.4 Å². The zero-order valence-electron chi connectivity index (χ0n) is 16.9. The van der Waals surface area contributed by atoms with Crippen LogP contribution in [0, 0.1) is 0 Å². The summed E-state index contributed by atoms with van der Waals surface area (Å²) >= 11 is 0. The zero-order valence-corrected chi connectivity index (χ0v) is 16.9. The van der Waals surface area contributed by atoms with E-state index in [1.54, 1.807) is 27.8 Å².